The van der Waals surface area contributed by atoms with E-state index in [4.69, 9.17) is 0 Å². The SMILES string of the molecule is CCN(CC)CCC1CC=C(c2c(O)ccc3[nH]c(=O)c4sccc4c23)CC1. The molecule has 2 N–H and O–H groups in total. The number of aromatic nitrogens is 1. The van der Waals surface area contributed by atoms with Gasteiger partial charge in [-0.15, -0.1) is 11.3 Å². The van der Waals surface area contributed by atoms with Crippen molar-refractivity contribution in [1.82, 2.24) is 9.88 Å². The Kier molecular flexibility index (Phi) is 5.56. The Morgan fingerprint density at radius 1 is 1.25 bits per heavy atom. The number of benzene rings is 1. The first-order valence-electron chi connectivity index (χ1n) is 10.3. The summed E-state index contributed by atoms with van der Waals surface area (Å²) in [6, 6.07) is 5.51. The van der Waals surface area contributed by atoms with Crippen molar-refractivity contribution in [3.8, 4) is 5.75 Å². The van der Waals surface area contributed by atoms with Gasteiger partial charge in [0.25, 0.3) is 5.56 Å². The summed E-state index contributed by atoms with van der Waals surface area (Å²) >= 11 is 1.45. The van der Waals surface area contributed by atoms with Gasteiger partial charge in [-0.3, -0.25) is 4.79 Å². The highest BCUT2D eigenvalue weighted by molar-refractivity contribution is 7.17. The van der Waals surface area contributed by atoms with Crippen molar-refractivity contribution in [2.45, 2.75) is 39.5 Å². The summed E-state index contributed by atoms with van der Waals surface area (Å²) < 4.78 is 0.729. The number of H-pyrrole nitrogens is 1. The third-order valence-corrected chi connectivity index (χ3v) is 7.07. The van der Waals surface area contributed by atoms with E-state index in [1.165, 1.54) is 23.3 Å². The van der Waals surface area contributed by atoms with Gasteiger partial charge in [-0.25, -0.2) is 0 Å². The molecule has 0 radical (unpaired) electrons. The van der Waals surface area contributed by atoms with E-state index in [2.05, 4.69) is 29.8 Å². The summed E-state index contributed by atoms with van der Waals surface area (Å²) in [6.07, 6.45) is 6.73. The van der Waals surface area contributed by atoms with Crippen LogP contribution in [-0.2, 0) is 0 Å². The highest BCUT2D eigenvalue weighted by Gasteiger charge is 2.21. The smallest absolute Gasteiger partial charge is 0.266 e. The van der Waals surface area contributed by atoms with Crippen molar-refractivity contribution < 1.29 is 5.11 Å². The van der Waals surface area contributed by atoms with Gasteiger partial charge in [0.2, 0.25) is 0 Å². The Labute approximate surface area is 169 Å². The number of hydrogen-bond acceptors (Lipinski definition) is 4. The van der Waals surface area contributed by atoms with Crippen molar-refractivity contribution in [2.75, 3.05) is 19.6 Å². The number of aromatic hydroxyl groups is 1. The predicted molar refractivity (Wildman–Crippen MR) is 119 cm³/mol. The molecule has 0 saturated carbocycles. The van der Waals surface area contributed by atoms with Crippen molar-refractivity contribution in [1.29, 1.82) is 0 Å². The molecule has 2 heterocycles. The molecule has 0 fully saturated rings. The fourth-order valence-corrected chi connectivity index (χ4v) is 5.24. The molecule has 1 unspecified atom stereocenters. The average molecular weight is 397 g/mol. The minimum atomic E-state index is -0.0526. The van der Waals surface area contributed by atoms with Gasteiger partial charge in [0, 0.05) is 21.9 Å². The van der Waals surface area contributed by atoms with Crippen LogP contribution in [0.1, 0.15) is 45.1 Å². The second kappa shape index (κ2) is 8.10. The van der Waals surface area contributed by atoms with Crippen molar-refractivity contribution in [3.05, 3.63) is 45.6 Å². The summed E-state index contributed by atoms with van der Waals surface area (Å²) in [7, 11) is 0. The van der Waals surface area contributed by atoms with Crippen LogP contribution in [0.25, 0.3) is 26.6 Å². The highest BCUT2D eigenvalue weighted by Crippen LogP contribution is 2.41. The summed E-state index contributed by atoms with van der Waals surface area (Å²) in [5.41, 5.74) is 2.86. The zero-order chi connectivity index (χ0) is 19.7. The van der Waals surface area contributed by atoms with E-state index in [0.717, 1.165) is 65.4 Å². The number of pyridine rings is 1. The summed E-state index contributed by atoms with van der Waals surface area (Å²) in [6.45, 7) is 7.84. The lowest BCUT2D eigenvalue weighted by Crippen LogP contribution is -2.26. The van der Waals surface area contributed by atoms with Crippen LogP contribution in [-0.4, -0.2) is 34.6 Å². The monoisotopic (exact) mass is 396 g/mol. The molecule has 5 heteroatoms. The van der Waals surface area contributed by atoms with Crippen LogP contribution >= 0.6 is 11.3 Å². The molecule has 0 spiro atoms. The number of aromatic amines is 1. The third kappa shape index (κ3) is 3.49. The maximum Gasteiger partial charge on any atom is 0.266 e. The number of phenolic OH excluding ortho intramolecular Hbond substituents is 1. The second-order valence-corrected chi connectivity index (χ2v) is 8.60. The average Bonchev–Trinajstić information content (AvgIpc) is 3.21. The van der Waals surface area contributed by atoms with Gasteiger partial charge in [-0.1, -0.05) is 19.9 Å². The molecule has 4 rings (SSSR count). The van der Waals surface area contributed by atoms with E-state index in [1.54, 1.807) is 6.07 Å². The molecule has 0 bridgehead atoms. The van der Waals surface area contributed by atoms with Crippen molar-refractivity contribution in [2.24, 2.45) is 5.92 Å². The fraction of sp³-hybridized carbons (Fsp3) is 0.435. The first-order chi connectivity index (χ1) is 13.6. The standard InChI is InChI=1S/C23H28N2O2S/c1-3-25(4-2)13-11-15-5-7-16(8-6-15)20-19(26)10-9-18-21(20)17-12-14-28-22(17)23(27)24-18/h7,9-10,12,14-15,26H,3-6,8,11,13H2,1-2H3,(H,24,27). The Hall–Kier alpha value is -2.11. The Morgan fingerprint density at radius 2 is 2.07 bits per heavy atom. The minimum absolute atomic E-state index is 0.0526. The molecule has 28 heavy (non-hydrogen) atoms. The van der Waals surface area contributed by atoms with Crippen LogP contribution in [0, 0.1) is 5.92 Å². The van der Waals surface area contributed by atoms with Crippen LogP contribution < -0.4 is 5.56 Å². The van der Waals surface area contributed by atoms with E-state index < -0.39 is 0 Å². The van der Waals surface area contributed by atoms with E-state index in [-0.39, 0.29) is 5.56 Å². The van der Waals surface area contributed by atoms with Gasteiger partial charge < -0.3 is 15.0 Å². The molecule has 1 aliphatic carbocycles. The molecule has 0 aliphatic heterocycles. The molecule has 0 saturated heterocycles. The van der Waals surface area contributed by atoms with Crippen LogP contribution in [0.5, 0.6) is 5.75 Å². The third-order valence-electron chi connectivity index (χ3n) is 6.16. The number of fused-ring (bicyclic) bond motifs is 3. The number of hydrogen-bond donors (Lipinski definition) is 2. The quantitative estimate of drug-likeness (QED) is 0.589. The van der Waals surface area contributed by atoms with E-state index in [0.29, 0.717) is 11.7 Å². The molecule has 1 aliphatic rings. The van der Waals surface area contributed by atoms with Crippen LogP contribution in [0.3, 0.4) is 0 Å². The Balaban J connectivity index is 1.67. The molecule has 0 amide bonds. The number of nitrogens with one attached hydrogen (secondary N) is 1. The fourth-order valence-electron chi connectivity index (χ4n) is 4.44. The molecule has 4 nitrogen and oxygen atoms in total. The Bertz CT molecular complexity index is 1080. The van der Waals surface area contributed by atoms with Gasteiger partial charge in [0.05, 0.1) is 0 Å². The molecule has 1 aromatic carbocycles. The van der Waals surface area contributed by atoms with Gasteiger partial charge in [0.1, 0.15) is 10.4 Å². The molecule has 1 atom stereocenters. The molecule has 148 valence electrons. The van der Waals surface area contributed by atoms with Crippen LogP contribution in [0.4, 0.5) is 0 Å². The zero-order valence-electron chi connectivity index (χ0n) is 16.6. The minimum Gasteiger partial charge on any atom is -0.507 e. The number of nitrogens with zero attached hydrogens (tertiary/aromatic N) is 1. The highest BCUT2D eigenvalue weighted by atomic mass is 32.1. The zero-order valence-corrected chi connectivity index (χ0v) is 17.4. The maximum absolute atomic E-state index is 12.3. The summed E-state index contributed by atoms with van der Waals surface area (Å²) in [4.78, 5) is 17.8. The lowest BCUT2D eigenvalue weighted by molar-refractivity contribution is 0.270. The van der Waals surface area contributed by atoms with Gasteiger partial charge in [-0.05, 0) is 80.4 Å². The number of allylic oxidation sites excluding steroid dienone is 2. The lowest BCUT2D eigenvalue weighted by Gasteiger charge is -2.26. The molecule has 3 aromatic rings. The summed E-state index contributed by atoms with van der Waals surface area (Å²) in [5, 5.41) is 14.6. The van der Waals surface area contributed by atoms with Gasteiger partial charge in [0.15, 0.2) is 0 Å². The van der Waals surface area contributed by atoms with E-state index in [9.17, 15) is 9.90 Å². The van der Waals surface area contributed by atoms with Crippen LogP contribution in [0.2, 0.25) is 0 Å². The molecular formula is C23H28N2O2S. The van der Waals surface area contributed by atoms with E-state index >= 15 is 0 Å². The summed E-state index contributed by atoms with van der Waals surface area (Å²) in [5.74, 6) is 1.02. The number of rotatable bonds is 6. The normalized spacial score (nSPS) is 17.5. The maximum atomic E-state index is 12.3. The van der Waals surface area contributed by atoms with Gasteiger partial charge in [-0.2, -0.15) is 0 Å². The largest absolute Gasteiger partial charge is 0.507 e. The van der Waals surface area contributed by atoms with Crippen molar-refractivity contribution in [3.63, 3.8) is 0 Å². The van der Waals surface area contributed by atoms with Gasteiger partial charge >= 0.3 is 0 Å². The second-order valence-electron chi connectivity index (χ2n) is 7.69. The topological polar surface area (TPSA) is 56.3 Å². The number of phenols is 1. The van der Waals surface area contributed by atoms with Crippen molar-refractivity contribution >= 4 is 37.9 Å². The van der Waals surface area contributed by atoms with Crippen LogP contribution in [0.15, 0.2) is 34.4 Å². The van der Waals surface area contributed by atoms with E-state index in [1.807, 2.05) is 17.5 Å². The predicted octanol–water partition coefficient (Wildman–Crippen LogP) is 5.36. The molecular weight excluding hydrogens is 368 g/mol. The lowest BCUT2D eigenvalue weighted by atomic mass is 9.83. The number of thiophene rings is 1. The first kappa shape index (κ1) is 19.2. The Morgan fingerprint density at radius 3 is 2.79 bits per heavy atom. The first-order valence-corrected chi connectivity index (χ1v) is 11.2. The molecule has 2 aromatic heterocycles.